The van der Waals surface area contributed by atoms with Gasteiger partial charge in [-0.3, -0.25) is 0 Å². The van der Waals surface area contributed by atoms with Crippen molar-refractivity contribution in [1.82, 2.24) is 4.98 Å². The van der Waals surface area contributed by atoms with Gasteiger partial charge in [0.25, 0.3) is 0 Å². The minimum atomic E-state index is 0.665. The van der Waals surface area contributed by atoms with Gasteiger partial charge in [-0.2, -0.15) is 0 Å². The van der Waals surface area contributed by atoms with E-state index in [1.54, 1.807) is 18.0 Å². The van der Waals surface area contributed by atoms with Gasteiger partial charge in [-0.25, -0.2) is 4.98 Å². The summed E-state index contributed by atoms with van der Waals surface area (Å²) in [6, 6.07) is 17.7. The van der Waals surface area contributed by atoms with E-state index in [2.05, 4.69) is 4.98 Å². The molecule has 0 aliphatic heterocycles. The van der Waals surface area contributed by atoms with Gasteiger partial charge in [0.15, 0.2) is 0 Å². The average Bonchev–Trinajstić information content (AvgIpc) is 2.97. The molecule has 0 unspecified atom stereocenters. The van der Waals surface area contributed by atoms with E-state index in [4.69, 9.17) is 10.2 Å². The largest absolute Gasteiger partial charge is 0.444 e. The van der Waals surface area contributed by atoms with Crippen LogP contribution < -0.4 is 5.73 Å². The molecule has 0 bridgehead atoms. The van der Waals surface area contributed by atoms with E-state index in [-0.39, 0.29) is 0 Å². The van der Waals surface area contributed by atoms with Crippen molar-refractivity contribution in [3.05, 3.63) is 66.6 Å². The van der Waals surface area contributed by atoms with Crippen LogP contribution in [0.5, 0.6) is 0 Å². The first-order chi connectivity index (χ1) is 9.81. The van der Waals surface area contributed by atoms with E-state index in [1.165, 1.54) is 4.90 Å². The van der Waals surface area contributed by atoms with Gasteiger partial charge in [0.05, 0.1) is 5.69 Å². The average molecular weight is 282 g/mol. The Morgan fingerprint density at radius 2 is 1.75 bits per heavy atom. The highest BCUT2D eigenvalue weighted by atomic mass is 32.2. The number of nitrogen functional groups attached to an aromatic ring is 1. The molecular weight excluding hydrogens is 268 g/mol. The Labute approximate surface area is 121 Å². The molecule has 0 saturated carbocycles. The fourth-order valence-corrected chi connectivity index (χ4v) is 2.58. The predicted molar refractivity (Wildman–Crippen MR) is 82.4 cm³/mol. The number of nitrogens with zero attached hydrogens (tertiary/aromatic N) is 1. The smallest absolute Gasteiger partial charge is 0.226 e. The van der Waals surface area contributed by atoms with Crippen molar-refractivity contribution in [2.75, 3.05) is 5.73 Å². The van der Waals surface area contributed by atoms with Crippen LogP contribution in [0.3, 0.4) is 0 Å². The molecule has 2 N–H and O–H groups in total. The number of benzene rings is 2. The van der Waals surface area contributed by atoms with Gasteiger partial charge in [0.1, 0.15) is 6.26 Å². The monoisotopic (exact) mass is 282 g/mol. The minimum absolute atomic E-state index is 0.665. The summed E-state index contributed by atoms with van der Waals surface area (Å²) < 4.78 is 5.51. The summed E-state index contributed by atoms with van der Waals surface area (Å²) in [4.78, 5) is 5.67. The number of hydrogen-bond donors (Lipinski definition) is 1. The number of thioether (sulfide) groups is 1. The SMILES string of the molecule is Nc1ccc(SCc2coc(-c3ccccc3)n2)cc1. The lowest BCUT2D eigenvalue weighted by molar-refractivity contribution is 0.573. The van der Waals surface area contributed by atoms with E-state index in [0.717, 1.165) is 22.7 Å². The van der Waals surface area contributed by atoms with Crippen LogP contribution in [0.1, 0.15) is 5.69 Å². The van der Waals surface area contributed by atoms with Crippen LogP contribution in [0.4, 0.5) is 5.69 Å². The van der Waals surface area contributed by atoms with Crippen molar-refractivity contribution in [3.63, 3.8) is 0 Å². The summed E-state index contributed by atoms with van der Waals surface area (Å²) in [5.41, 5.74) is 8.38. The molecule has 2 aromatic carbocycles. The highest BCUT2D eigenvalue weighted by Gasteiger charge is 2.06. The quantitative estimate of drug-likeness (QED) is 0.575. The predicted octanol–water partition coefficient (Wildman–Crippen LogP) is 4.22. The molecule has 0 atom stereocenters. The Bertz CT molecular complexity index is 677. The van der Waals surface area contributed by atoms with Crippen LogP contribution in [-0.2, 0) is 5.75 Å². The molecule has 0 aliphatic carbocycles. The summed E-state index contributed by atoms with van der Waals surface area (Å²) in [5.74, 6) is 1.44. The Morgan fingerprint density at radius 1 is 1.00 bits per heavy atom. The lowest BCUT2D eigenvalue weighted by Gasteiger charge is -1.99. The van der Waals surface area contributed by atoms with Gasteiger partial charge in [-0.05, 0) is 36.4 Å². The topological polar surface area (TPSA) is 52.0 Å². The first kappa shape index (κ1) is 12.8. The molecule has 0 fully saturated rings. The van der Waals surface area contributed by atoms with E-state index in [9.17, 15) is 0 Å². The second kappa shape index (κ2) is 5.84. The van der Waals surface area contributed by atoms with Crippen molar-refractivity contribution >= 4 is 17.4 Å². The maximum Gasteiger partial charge on any atom is 0.226 e. The first-order valence-electron chi connectivity index (χ1n) is 6.29. The number of nitrogens with two attached hydrogens (primary N) is 1. The molecule has 4 heteroatoms. The van der Waals surface area contributed by atoms with E-state index < -0.39 is 0 Å². The van der Waals surface area contributed by atoms with Crippen LogP contribution in [-0.4, -0.2) is 4.98 Å². The zero-order chi connectivity index (χ0) is 13.8. The third-order valence-electron chi connectivity index (χ3n) is 2.84. The highest BCUT2D eigenvalue weighted by Crippen LogP contribution is 2.25. The van der Waals surface area contributed by atoms with Crippen LogP contribution in [0, 0.1) is 0 Å². The van der Waals surface area contributed by atoms with Gasteiger partial charge in [0.2, 0.25) is 5.89 Å². The molecule has 100 valence electrons. The summed E-state index contributed by atoms with van der Waals surface area (Å²) >= 11 is 1.71. The van der Waals surface area contributed by atoms with Gasteiger partial charge in [-0.15, -0.1) is 11.8 Å². The molecule has 3 rings (SSSR count). The standard InChI is InChI=1S/C16H14N2OS/c17-13-6-8-15(9-7-13)20-11-14-10-19-16(18-14)12-4-2-1-3-5-12/h1-10H,11,17H2. The molecule has 0 amide bonds. The van der Waals surface area contributed by atoms with Crippen molar-refractivity contribution in [3.8, 4) is 11.5 Å². The van der Waals surface area contributed by atoms with E-state index in [1.807, 2.05) is 54.6 Å². The molecule has 0 aliphatic rings. The molecular formula is C16H14N2OS. The van der Waals surface area contributed by atoms with Gasteiger partial charge >= 0.3 is 0 Å². The molecule has 20 heavy (non-hydrogen) atoms. The van der Waals surface area contributed by atoms with Gasteiger partial charge in [0, 0.05) is 21.9 Å². The summed E-state index contributed by atoms with van der Waals surface area (Å²) in [5, 5.41) is 0. The lowest BCUT2D eigenvalue weighted by atomic mass is 10.2. The summed E-state index contributed by atoms with van der Waals surface area (Å²) in [6.45, 7) is 0. The molecule has 0 spiro atoms. The Kier molecular flexibility index (Phi) is 3.74. The fraction of sp³-hybridized carbons (Fsp3) is 0.0625. The lowest BCUT2D eigenvalue weighted by Crippen LogP contribution is -1.84. The zero-order valence-electron chi connectivity index (χ0n) is 10.8. The molecule has 0 saturated heterocycles. The van der Waals surface area contributed by atoms with Crippen LogP contribution in [0.15, 0.2) is 70.2 Å². The van der Waals surface area contributed by atoms with Crippen LogP contribution in [0.2, 0.25) is 0 Å². The highest BCUT2D eigenvalue weighted by molar-refractivity contribution is 7.98. The number of aromatic nitrogens is 1. The Hall–Kier alpha value is -2.20. The number of rotatable bonds is 4. The summed E-state index contributed by atoms with van der Waals surface area (Å²) in [6.07, 6.45) is 1.71. The molecule has 1 aromatic heterocycles. The number of anilines is 1. The second-order valence-corrected chi connectivity index (χ2v) is 5.42. The van der Waals surface area contributed by atoms with Crippen molar-refractivity contribution in [1.29, 1.82) is 0 Å². The number of oxazole rings is 1. The third-order valence-corrected chi connectivity index (χ3v) is 3.88. The van der Waals surface area contributed by atoms with Crippen molar-refractivity contribution in [2.24, 2.45) is 0 Å². The molecule has 0 radical (unpaired) electrons. The molecule has 3 nitrogen and oxygen atoms in total. The fourth-order valence-electron chi connectivity index (χ4n) is 1.81. The van der Waals surface area contributed by atoms with Crippen LogP contribution >= 0.6 is 11.8 Å². The van der Waals surface area contributed by atoms with Crippen molar-refractivity contribution < 1.29 is 4.42 Å². The van der Waals surface area contributed by atoms with Gasteiger partial charge < -0.3 is 10.2 Å². The van der Waals surface area contributed by atoms with Crippen molar-refractivity contribution in [2.45, 2.75) is 10.6 Å². The Morgan fingerprint density at radius 3 is 2.50 bits per heavy atom. The Balaban J connectivity index is 1.67. The van der Waals surface area contributed by atoms with E-state index in [0.29, 0.717) is 5.89 Å². The maximum absolute atomic E-state index is 5.67. The second-order valence-electron chi connectivity index (χ2n) is 4.37. The van der Waals surface area contributed by atoms with Gasteiger partial charge in [-0.1, -0.05) is 18.2 Å². The third kappa shape index (κ3) is 3.03. The zero-order valence-corrected chi connectivity index (χ0v) is 11.6. The normalized spacial score (nSPS) is 10.6. The number of hydrogen-bond acceptors (Lipinski definition) is 4. The van der Waals surface area contributed by atoms with E-state index >= 15 is 0 Å². The first-order valence-corrected chi connectivity index (χ1v) is 7.28. The maximum atomic E-state index is 5.67. The summed E-state index contributed by atoms with van der Waals surface area (Å²) in [7, 11) is 0. The minimum Gasteiger partial charge on any atom is -0.444 e. The molecule has 3 aromatic rings. The van der Waals surface area contributed by atoms with Crippen LogP contribution in [0.25, 0.3) is 11.5 Å². The molecule has 1 heterocycles.